The molecule has 0 fully saturated rings. The van der Waals surface area contributed by atoms with Crippen LogP contribution in [0.15, 0.2) is 163 Å². The summed E-state index contributed by atoms with van der Waals surface area (Å²) in [6, 6.07) is 51.3. The lowest BCUT2D eigenvalue weighted by molar-refractivity contribution is 0.557. The van der Waals surface area contributed by atoms with Crippen LogP contribution in [-0.2, 0) is 5.66 Å². The van der Waals surface area contributed by atoms with Gasteiger partial charge < -0.3 is 10.2 Å². The van der Waals surface area contributed by atoms with Crippen molar-refractivity contribution in [3.05, 3.63) is 169 Å². The van der Waals surface area contributed by atoms with Crippen molar-refractivity contribution in [1.29, 1.82) is 0 Å². The number of nitrogens with one attached hydrogen (secondary N) is 1. The molecular weight excluding hydrogens is 569 g/mol. The average Bonchev–Trinajstić information content (AvgIpc) is 3.43. The molecule has 1 aliphatic carbocycles. The van der Waals surface area contributed by atoms with Crippen LogP contribution in [0.2, 0.25) is 0 Å². The van der Waals surface area contributed by atoms with E-state index in [0.29, 0.717) is 5.92 Å². The first-order chi connectivity index (χ1) is 23.1. The summed E-state index contributed by atoms with van der Waals surface area (Å²) in [5.41, 5.74) is 9.47. The Morgan fingerprint density at radius 1 is 0.617 bits per heavy atom. The lowest BCUT2D eigenvalue weighted by atomic mass is 9.85. The first-order valence-electron chi connectivity index (χ1n) is 16.7. The fourth-order valence-electron chi connectivity index (χ4n) is 7.87. The summed E-state index contributed by atoms with van der Waals surface area (Å²) in [4.78, 5) is 2.48. The minimum atomic E-state index is -0.428. The second kappa shape index (κ2) is 10.7. The van der Waals surface area contributed by atoms with Crippen LogP contribution in [0, 0.1) is 5.92 Å². The van der Waals surface area contributed by atoms with Gasteiger partial charge in [0.25, 0.3) is 0 Å². The van der Waals surface area contributed by atoms with Gasteiger partial charge in [0.2, 0.25) is 0 Å². The van der Waals surface area contributed by atoms with Crippen LogP contribution in [0.5, 0.6) is 0 Å². The van der Waals surface area contributed by atoms with Gasteiger partial charge in [0.15, 0.2) is 0 Å². The molecule has 0 amide bonds. The molecule has 1 unspecified atom stereocenters. The monoisotopic (exact) mass is 604 g/mol. The number of hydrogen-bond donors (Lipinski definition) is 1. The lowest BCUT2D eigenvalue weighted by Crippen LogP contribution is -2.44. The average molecular weight is 605 g/mol. The van der Waals surface area contributed by atoms with Crippen molar-refractivity contribution in [3.8, 4) is 22.3 Å². The highest BCUT2D eigenvalue weighted by molar-refractivity contribution is 6.21. The molecule has 0 aromatic heterocycles. The number of nitrogens with zero attached hydrogens (tertiary/aromatic N) is 1. The van der Waals surface area contributed by atoms with Crippen molar-refractivity contribution in [1.82, 2.24) is 0 Å². The molecule has 7 aromatic carbocycles. The van der Waals surface area contributed by atoms with Crippen molar-refractivity contribution in [2.75, 3.05) is 10.2 Å². The van der Waals surface area contributed by atoms with E-state index in [4.69, 9.17) is 0 Å². The normalized spacial score (nSPS) is 18.8. The van der Waals surface area contributed by atoms with Crippen molar-refractivity contribution in [2.24, 2.45) is 5.92 Å². The maximum Gasteiger partial charge on any atom is 0.138 e. The SMILES string of the molecule is C[C@@H]1C=CC(N2c3ccccc3NC2(C)c2ccc(-c3c4ccccc4c(-c4ccc5ccccc5c4)c4ccccc34)cc2)=CC1. The van der Waals surface area contributed by atoms with Gasteiger partial charge in [0.1, 0.15) is 5.66 Å². The predicted octanol–water partition coefficient (Wildman–Crippen LogP) is 12.1. The molecule has 9 rings (SSSR count). The molecule has 2 aliphatic rings. The Morgan fingerprint density at radius 2 is 1.19 bits per heavy atom. The van der Waals surface area contributed by atoms with Crippen molar-refractivity contribution >= 4 is 43.7 Å². The number of rotatable bonds is 4. The quantitative estimate of drug-likeness (QED) is 0.201. The Bertz CT molecular complexity index is 2340. The molecule has 226 valence electrons. The first-order valence-corrected chi connectivity index (χ1v) is 16.7. The summed E-state index contributed by atoms with van der Waals surface area (Å²) in [6.07, 6.45) is 8.06. The van der Waals surface area contributed by atoms with E-state index < -0.39 is 5.66 Å². The van der Waals surface area contributed by atoms with Crippen molar-refractivity contribution in [2.45, 2.75) is 25.9 Å². The van der Waals surface area contributed by atoms with E-state index in [1.165, 1.54) is 71.5 Å². The largest absolute Gasteiger partial charge is 0.357 e. The molecule has 0 radical (unpaired) electrons. The molecule has 1 N–H and O–H groups in total. The van der Waals surface area contributed by atoms with Crippen LogP contribution >= 0.6 is 0 Å². The molecule has 7 aromatic rings. The van der Waals surface area contributed by atoms with Crippen LogP contribution < -0.4 is 10.2 Å². The molecule has 2 heteroatoms. The zero-order chi connectivity index (χ0) is 31.5. The van der Waals surface area contributed by atoms with E-state index in [-0.39, 0.29) is 0 Å². The number of fused-ring (bicyclic) bond motifs is 4. The Balaban J connectivity index is 1.20. The Hall–Kier alpha value is -5.60. The molecule has 2 nitrogen and oxygen atoms in total. The van der Waals surface area contributed by atoms with Gasteiger partial charge in [-0.25, -0.2) is 0 Å². The van der Waals surface area contributed by atoms with Gasteiger partial charge in [0, 0.05) is 5.70 Å². The second-order valence-corrected chi connectivity index (χ2v) is 13.2. The Labute approximate surface area is 276 Å². The van der Waals surface area contributed by atoms with E-state index in [1.807, 2.05) is 0 Å². The third-order valence-electron chi connectivity index (χ3n) is 10.2. The Morgan fingerprint density at radius 3 is 1.85 bits per heavy atom. The third kappa shape index (κ3) is 4.40. The third-order valence-corrected chi connectivity index (χ3v) is 10.2. The van der Waals surface area contributed by atoms with Crippen molar-refractivity contribution < 1.29 is 0 Å². The van der Waals surface area contributed by atoms with E-state index >= 15 is 0 Å². The molecule has 1 heterocycles. The van der Waals surface area contributed by atoms with Crippen LogP contribution in [0.1, 0.15) is 25.8 Å². The summed E-state index contributed by atoms with van der Waals surface area (Å²) in [7, 11) is 0. The number of hydrogen-bond acceptors (Lipinski definition) is 2. The van der Waals surface area contributed by atoms with Gasteiger partial charge in [-0.15, -0.1) is 0 Å². The van der Waals surface area contributed by atoms with Crippen LogP contribution in [0.3, 0.4) is 0 Å². The van der Waals surface area contributed by atoms with E-state index in [0.717, 1.165) is 12.1 Å². The summed E-state index contributed by atoms with van der Waals surface area (Å²) in [5.74, 6) is 0.562. The molecular formula is C45H36N2. The molecule has 47 heavy (non-hydrogen) atoms. The molecule has 1 aliphatic heterocycles. The van der Waals surface area contributed by atoms with Gasteiger partial charge in [-0.05, 0) is 104 Å². The molecule has 0 spiro atoms. The first kappa shape index (κ1) is 27.7. The van der Waals surface area contributed by atoms with Gasteiger partial charge in [-0.2, -0.15) is 0 Å². The molecule has 2 atom stereocenters. The van der Waals surface area contributed by atoms with Gasteiger partial charge in [0.05, 0.1) is 11.4 Å². The lowest BCUT2D eigenvalue weighted by Gasteiger charge is -2.39. The molecule has 0 saturated carbocycles. The fourth-order valence-corrected chi connectivity index (χ4v) is 7.87. The van der Waals surface area contributed by atoms with Crippen LogP contribution in [-0.4, -0.2) is 0 Å². The highest BCUT2D eigenvalue weighted by Crippen LogP contribution is 2.49. The summed E-state index contributed by atoms with van der Waals surface area (Å²) in [6.45, 7) is 4.58. The molecule has 0 saturated heterocycles. The minimum absolute atomic E-state index is 0.428. The minimum Gasteiger partial charge on any atom is -0.357 e. The smallest absolute Gasteiger partial charge is 0.138 e. The van der Waals surface area contributed by atoms with Crippen molar-refractivity contribution in [3.63, 3.8) is 0 Å². The number of anilines is 2. The highest BCUT2D eigenvalue weighted by atomic mass is 15.4. The maximum absolute atomic E-state index is 3.89. The number of para-hydroxylation sites is 2. The highest BCUT2D eigenvalue weighted by Gasteiger charge is 2.42. The standard InChI is InChI=1S/C45H36N2/c1-30-19-27-36(28-20-30)47-42-18-10-9-17-41(42)46-45(47,2)35-25-23-32(24-26-35)43-37-13-5-7-15-39(37)44(40-16-8-6-14-38(40)43)34-22-21-31-11-3-4-12-33(31)29-34/h3-19,21-30,46H,20H2,1-2H3/t30-,45?/m1/s1. The maximum atomic E-state index is 3.89. The van der Waals surface area contributed by atoms with E-state index in [9.17, 15) is 0 Å². The van der Waals surface area contributed by atoms with Gasteiger partial charge >= 0.3 is 0 Å². The summed E-state index contributed by atoms with van der Waals surface area (Å²) >= 11 is 0. The van der Waals surface area contributed by atoms with E-state index in [1.54, 1.807) is 0 Å². The fraction of sp³-hybridized carbons (Fsp3) is 0.111. The topological polar surface area (TPSA) is 15.3 Å². The Kier molecular flexibility index (Phi) is 6.33. The number of benzene rings is 7. The molecule has 0 bridgehead atoms. The van der Waals surface area contributed by atoms with E-state index in [2.05, 4.69) is 182 Å². The zero-order valence-electron chi connectivity index (χ0n) is 26.7. The van der Waals surface area contributed by atoms with Gasteiger partial charge in [-0.3, -0.25) is 0 Å². The summed E-state index contributed by atoms with van der Waals surface area (Å²) < 4.78 is 0. The zero-order valence-corrected chi connectivity index (χ0v) is 26.7. The van der Waals surface area contributed by atoms with Crippen LogP contribution in [0.25, 0.3) is 54.6 Å². The second-order valence-electron chi connectivity index (χ2n) is 13.2. The predicted molar refractivity (Wildman–Crippen MR) is 201 cm³/mol. The number of allylic oxidation sites excluding steroid dienone is 3. The summed E-state index contributed by atoms with van der Waals surface area (Å²) in [5, 5.41) is 11.5. The van der Waals surface area contributed by atoms with Gasteiger partial charge in [-0.1, -0.05) is 140 Å². The van der Waals surface area contributed by atoms with Crippen LogP contribution in [0.4, 0.5) is 11.4 Å².